The Kier molecular flexibility index (Phi) is 5.04. The van der Waals surface area contributed by atoms with Crippen LogP contribution in [0.15, 0.2) is 64.3 Å². The minimum absolute atomic E-state index is 0.358. The van der Waals surface area contributed by atoms with E-state index in [1.165, 1.54) is 22.7 Å². The maximum absolute atomic E-state index is 13.0. The molecular weight excluding hydrogens is 414 g/mol. The van der Waals surface area contributed by atoms with Crippen molar-refractivity contribution in [1.29, 1.82) is 0 Å². The fourth-order valence-electron chi connectivity index (χ4n) is 4.35. The Bertz CT molecular complexity index is 1600. The fraction of sp³-hybridized carbons (Fsp3) is 0.269. The van der Waals surface area contributed by atoms with E-state index in [0.29, 0.717) is 16.9 Å². The van der Waals surface area contributed by atoms with Crippen molar-refractivity contribution >= 4 is 16.9 Å². The maximum Gasteiger partial charge on any atom is 0.332 e. The molecule has 7 heteroatoms. The predicted molar refractivity (Wildman–Crippen MR) is 131 cm³/mol. The highest BCUT2D eigenvalue weighted by atomic mass is 16.2. The van der Waals surface area contributed by atoms with Gasteiger partial charge in [-0.3, -0.25) is 22.9 Å². The molecule has 0 spiro atoms. The molecule has 0 radical (unpaired) electrons. The number of fused-ring (bicyclic) bond motifs is 3. The van der Waals surface area contributed by atoms with Gasteiger partial charge in [-0.25, -0.2) is 4.79 Å². The van der Waals surface area contributed by atoms with Gasteiger partial charge < -0.3 is 0 Å². The molecule has 0 fully saturated rings. The Labute approximate surface area is 191 Å². The van der Waals surface area contributed by atoms with Crippen LogP contribution < -0.4 is 11.2 Å². The molecule has 0 saturated carbocycles. The summed E-state index contributed by atoms with van der Waals surface area (Å²) >= 11 is 0. The smallest absolute Gasteiger partial charge is 0.279 e. The number of rotatable bonds is 5. The standard InChI is InChI=1S/C26H27N5O2/c1-5-6-7-18-10-14-20(15-11-18)31-21(19-12-8-17(2)9-13-19)16-30-22-23(27-25(30)31)28(3)26(33)29(4)24(22)32/h8-16H,5-7H2,1-4H3. The van der Waals surface area contributed by atoms with Crippen molar-refractivity contribution < 1.29 is 0 Å². The predicted octanol–water partition coefficient (Wildman–Crippen LogP) is 3.99. The molecule has 33 heavy (non-hydrogen) atoms. The number of imidazole rings is 2. The molecule has 5 aromatic rings. The lowest BCUT2D eigenvalue weighted by atomic mass is 10.1. The summed E-state index contributed by atoms with van der Waals surface area (Å²) in [6.45, 7) is 4.25. The third-order valence-corrected chi connectivity index (χ3v) is 6.33. The van der Waals surface area contributed by atoms with Crippen molar-refractivity contribution in [2.24, 2.45) is 14.1 Å². The zero-order valence-electron chi connectivity index (χ0n) is 19.4. The zero-order valence-corrected chi connectivity index (χ0v) is 19.4. The van der Waals surface area contributed by atoms with Crippen LogP contribution in [0, 0.1) is 6.92 Å². The molecule has 7 nitrogen and oxygen atoms in total. The van der Waals surface area contributed by atoms with Crippen molar-refractivity contribution in [2.75, 3.05) is 0 Å². The van der Waals surface area contributed by atoms with E-state index in [1.54, 1.807) is 11.4 Å². The first kappa shape index (κ1) is 21.0. The Hall–Kier alpha value is -3.87. The monoisotopic (exact) mass is 441 g/mol. The molecule has 2 aromatic carbocycles. The van der Waals surface area contributed by atoms with Gasteiger partial charge in [-0.15, -0.1) is 0 Å². The van der Waals surface area contributed by atoms with Crippen molar-refractivity contribution in [1.82, 2.24) is 23.1 Å². The van der Waals surface area contributed by atoms with E-state index < -0.39 is 0 Å². The van der Waals surface area contributed by atoms with Gasteiger partial charge in [-0.05, 0) is 37.5 Å². The van der Waals surface area contributed by atoms with Gasteiger partial charge in [0.2, 0.25) is 5.78 Å². The van der Waals surface area contributed by atoms with Crippen molar-refractivity contribution in [3.8, 4) is 16.9 Å². The number of unbranched alkanes of at least 4 members (excludes halogenated alkanes) is 1. The molecule has 0 aliphatic rings. The van der Waals surface area contributed by atoms with Gasteiger partial charge in [-0.2, -0.15) is 4.98 Å². The molecule has 0 saturated heterocycles. The van der Waals surface area contributed by atoms with Crippen LogP contribution in [-0.4, -0.2) is 23.1 Å². The number of aryl methyl sites for hydroxylation is 3. The number of aromatic nitrogens is 5. The third-order valence-electron chi connectivity index (χ3n) is 6.33. The minimum atomic E-state index is -0.390. The number of hydrogen-bond donors (Lipinski definition) is 0. The maximum atomic E-state index is 13.0. The van der Waals surface area contributed by atoms with Crippen LogP contribution in [0.1, 0.15) is 30.9 Å². The topological polar surface area (TPSA) is 66.2 Å². The SMILES string of the molecule is CCCCc1ccc(-n2c(-c3ccc(C)cc3)cn3c4c(=O)n(C)c(=O)n(C)c4nc23)cc1. The molecule has 0 N–H and O–H groups in total. The van der Waals surface area contributed by atoms with Gasteiger partial charge in [0, 0.05) is 31.5 Å². The van der Waals surface area contributed by atoms with Crippen molar-refractivity contribution in [3.05, 3.63) is 86.7 Å². The van der Waals surface area contributed by atoms with Crippen LogP contribution in [0.25, 0.3) is 33.9 Å². The summed E-state index contributed by atoms with van der Waals surface area (Å²) in [5.41, 5.74) is 5.40. The molecule has 0 aliphatic heterocycles. The Morgan fingerprint density at radius 2 is 1.61 bits per heavy atom. The molecule has 168 valence electrons. The van der Waals surface area contributed by atoms with Gasteiger partial charge in [0.25, 0.3) is 5.56 Å². The average molecular weight is 442 g/mol. The molecule has 0 atom stereocenters. The molecule has 3 heterocycles. The van der Waals surface area contributed by atoms with Gasteiger partial charge >= 0.3 is 5.69 Å². The first-order valence-corrected chi connectivity index (χ1v) is 11.3. The summed E-state index contributed by atoms with van der Waals surface area (Å²) in [6.07, 6.45) is 5.30. The molecular formula is C26H27N5O2. The number of nitrogens with zero attached hydrogens (tertiary/aromatic N) is 5. The quantitative estimate of drug-likeness (QED) is 0.414. The molecule has 0 bridgehead atoms. The summed E-state index contributed by atoms with van der Waals surface area (Å²) in [5, 5.41) is 0. The Morgan fingerprint density at radius 3 is 2.27 bits per heavy atom. The number of benzene rings is 2. The molecule has 0 unspecified atom stereocenters. The highest BCUT2D eigenvalue weighted by Gasteiger charge is 2.21. The number of hydrogen-bond acceptors (Lipinski definition) is 3. The first-order valence-electron chi connectivity index (χ1n) is 11.3. The Morgan fingerprint density at radius 1 is 0.909 bits per heavy atom. The molecule has 3 aromatic heterocycles. The largest absolute Gasteiger partial charge is 0.332 e. The van der Waals surface area contributed by atoms with E-state index in [1.807, 2.05) is 6.20 Å². The lowest BCUT2D eigenvalue weighted by molar-refractivity contribution is 0.708. The van der Waals surface area contributed by atoms with Crippen LogP contribution in [0.5, 0.6) is 0 Å². The van der Waals surface area contributed by atoms with E-state index >= 15 is 0 Å². The lowest BCUT2D eigenvalue weighted by Gasteiger charge is -2.10. The Balaban J connectivity index is 1.83. The summed E-state index contributed by atoms with van der Waals surface area (Å²) in [7, 11) is 3.14. The second kappa shape index (κ2) is 7.92. The van der Waals surface area contributed by atoms with Gasteiger partial charge in [0.05, 0.1) is 5.69 Å². The minimum Gasteiger partial charge on any atom is -0.279 e. The fourth-order valence-corrected chi connectivity index (χ4v) is 4.35. The summed E-state index contributed by atoms with van der Waals surface area (Å²) in [5.74, 6) is 0.597. The van der Waals surface area contributed by atoms with Crippen LogP contribution in [0.2, 0.25) is 0 Å². The van der Waals surface area contributed by atoms with Crippen LogP contribution in [0.3, 0.4) is 0 Å². The average Bonchev–Trinajstić information content (AvgIpc) is 3.37. The van der Waals surface area contributed by atoms with E-state index in [9.17, 15) is 9.59 Å². The van der Waals surface area contributed by atoms with E-state index in [2.05, 4.69) is 66.9 Å². The van der Waals surface area contributed by atoms with Crippen LogP contribution in [0.4, 0.5) is 0 Å². The normalized spacial score (nSPS) is 11.6. The van der Waals surface area contributed by atoms with E-state index in [4.69, 9.17) is 4.98 Å². The van der Waals surface area contributed by atoms with E-state index in [0.717, 1.165) is 40.8 Å². The van der Waals surface area contributed by atoms with Gasteiger partial charge in [-0.1, -0.05) is 55.3 Å². The molecule has 0 aliphatic carbocycles. The van der Waals surface area contributed by atoms with E-state index in [-0.39, 0.29) is 11.2 Å². The van der Waals surface area contributed by atoms with Crippen molar-refractivity contribution in [2.45, 2.75) is 33.1 Å². The molecule has 0 amide bonds. The highest BCUT2D eigenvalue weighted by Crippen LogP contribution is 2.29. The van der Waals surface area contributed by atoms with Gasteiger partial charge in [0.1, 0.15) is 0 Å². The highest BCUT2D eigenvalue weighted by molar-refractivity contribution is 5.79. The van der Waals surface area contributed by atoms with Gasteiger partial charge in [0.15, 0.2) is 11.2 Å². The lowest BCUT2D eigenvalue weighted by Crippen LogP contribution is -2.37. The molecule has 5 rings (SSSR count). The van der Waals surface area contributed by atoms with Crippen LogP contribution >= 0.6 is 0 Å². The second-order valence-corrected chi connectivity index (χ2v) is 8.65. The second-order valence-electron chi connectivity index (χ2n) is 8.65. The third kappa shape index (κ3) is 3.31. The summed E-state index contributed by atoms with van der Waals surface area (Å²) in [6, 6.07) is 16.8. The zero-order chi connectivity index (χ0) is 23.3. The summed E-state index contributed by atoms with van der Waals surface area (Å²) in [4.78, 5) is 30.3. The van der Waals surface area contributed by atoms with Crippen molar-refractivity contribution in [3.63, 3.8) is 0 Å². The van der Waals surface area contributed by atoms with Crippen LogP contribution in [-0.2, 0) is 20.5 Å². The summed E-state index contributed by atoms with van der Waals surface area (Å²) < 4.78 is 6.41. The first-order chi connectivity index (χ1) is 15.9.